The van der Waals surface area contributed by atoms with Gasteiger partial charge in [-0.1, -0.05) is 0 Å². The Morgan fingerprint density at radius 3 is 1.44 bits per heavy atom. The van der Waals surface area contributed by atoms with Gasteiger partial charge < -0.3 is 24.7 Å². The van der Waals surface area contributed by atoms with E-state index >= 15 is 0 Å². The number of unbranched alkanes of at least 4 members (excludes halogenated alkanes) is 2. The summed E-state index contributed by atoms with van der Waals surface area (Å²) >= 11 is 0. The molecular weight excluding hydrogens is 288 g/mol. The Morgan fingerprint density at radius 2 is 1.17 bits per heavy atom. The molecule has 0 unspecified atom stereocenters. The van der Waals surface area contributed by atoms with Gasteiger partial charge in [-0.15, -0.1) is 0 Å². The van der Waals surface area contributed by atoms with Crippen LogP contribution >= 0.6 is 0 Å². The predicted molar refractivity (Wildman–Crippen MR) is 55.2 cm³/mol. The maximum Gasteiger partial charge on any atom is 1.00 e. The van der Waals surface area contributed by atoms with Crippen molar-refractivity contribution in [1.29, 1.82) is 0 Å². The van der Waals surface area contributed by atoms with E-state index in [9.17, 15) is 19.8 Å². The molecule has 0 aromatic heterocycles. The minimum Gasteiger partial charge on any atom is -0.550 e. The van der Waals surface area contributed by atoms with Gasteiger partial charge in [0.25, 0.3) is 0 Å². The molecule has 94 valence electrons. The van der Waals surface area contributed by atoms with Crippen LogP contribution in [0.3, 0.4) is 0 Å². The number of hydrogen-bond acceptors (Lipinski definition) is 5. The summed E-state index contributed by atoms with van der Waals surface area (Å²) in [7, 11) is 1.94. The van der Waals surface area contributed by atoms with Crippen molar-refractivity contribution in [2.24, 2.45) is 0 Å². The van der Waals surface area contributed by atoms with E-state index in [1.807, 2.05) is 7.05 Å². The average Bonchev–Trinajstić information content (AvgIpc) is 2.19. The van der Waals surface area contributed by atoms with Crippen LogP contribution < -0.4 is 113 Å². The third-order valence-electron chi connectivity index (χ3n) is 2.34. The van der Waals surface area contributed by atoms with E-state index in [1.54, 1.807) is 0 Å². The Kier molecular flexibility index (Phi) is 24.1. The molecule has 18 heavy (non-hydrogen) atoms. The Labute approximate surface area is 194 Å². The van der Waals surface area contributed by atoms with E-state index in [0.29, 0.717) is 12.8 Å². The van der Waals surface area contributed by atoms with E-state index < -0.39 is 11.9 Å². The smallest absolute Gasteiger partial charge is 0.550 e. The van der Waals surface area contributed by atoms with Gasteiger partial charge in [0.15, 0.2) is 0 Å². The van der Waals surface area contributed by atoms with Crippen LogP contribution in [0, 0.1) is 0 Å². The molecule has 0 aromatic rings. The normalized spacial score (nSPS) is 9.44. The molecule has 7 heteroatoms. The van der Waals surface area contributed by atoms with Crippen molar-refractivity contribution >= 4 is 11.9 Å². The summed E-state index contributed by atoms with van der Waals surface area (Å²) in [4.78, 5) is 22.3. The zero-order valence-corrected chi connectivity index (χ0v) is 18.0. The second-order valence-corrected chi connectivity index (χ2v) is 3.96. The molecule has 0 atom stereocenters. The third-order valence-corrected chi connectivity index (χ3v) is 2.34. The molecule has 0 aliphatic carbocycles. The van der Waals surface area contributed by atoms with Crippen LogP contribution in [0.1, 0.15) is 38.5 Å². The number of hydrogen-bond donors (Lipinski definition) is 0. The molecule has 0 radical (unpaired) electrons. The molecule has 0 saturated carbocycles. The quantitative estimate of drug-likeness (QED) is 0.296. The van der Waals surface area contributed by atoms with Crippen LogP contribution in [0.25, 0.3) is 0 Å². The number of carbonyl (C=O) groups excluding carboxylic acids is 2. The van der Waals surface area contributed by atoms with Crippen molar-refractivity contribution in [3.05, 3.63) is 0 Å². The predicted octanol–water partition coefficient (Wildman–Crippen LogP) is -7.23. The van der Waals surface area contributed by atoms with Crippen molar-refractivity contribution in [3.63, 3.8) is 0 Å². The molecule has 0 amide bonds. The Hall–Kier alpha value is 2.17. The minimum atomic E-state index is -1.00. The summed E-state index contributed by atoms with van der Waals surface area (Å²) < 4.78 is 0. The number of rotatable bonds is 10. The Morgan fingerprint density at radius 1 is 0.833 bits per heavy atom. The summed E-state index contributed by atoms with van der Waals surface area (Å²) in [5.41, 5.74) is 0. The topological polar surface area (TPSA) is 83.5 Å². The largest absolute Gasteiger partial charge is 1.00 e. The van der Waals surface area contributed by atoms with Gasteiger partial charge in [0.05, 0.1) is 0 Å². The maximum absolute atomic E-state index is 10.1. The number of carboxylic acids is 2. The SMILES string of the molecule is CN(CCCCC(=O)[O-])CCCCC(=O)[O-].[K+].[K+]. The molecule has 0 spiro atoms. The van der Waals surface area contributed by atoms with E-state index in [0.717, 1.165) is 25.9 Å². The second kappa shape index (κ2) is 17.2. The van der Waals surface area contributed by atoms with E-state index in [4.69, 9.17) is 0 Å². The van der Waals surface area contributed by atoms with Gasteiger partial charge >= 0.3 is 103 Å². The Bertz CT molecular complexity index is 205. The van der Waals surface area contributed by atoms with Crippen LogP contribution in [-0.4, -0.2) is 37.0 Å². The fraction of sp³-hybridized carbons (Fsp3) is 0.818. The molecule has 0 aliphatic rings. The van der Waals surface area contributed by atoms with Crippen LogP contribution in [0.15, 0.2) is 0 Å². The van der Waals surface area contributed by atoms with E-state index in [2.05, 4.69) is 4.90 Å². The van der Waals surface area contributed by atoms with Crippen LogP contribution in [-0.2, 0) is 9.59 Å². The molecule has 5 nitrogen and oxygen atoms in total. The molecule has 0 heterocycles. The first-order valence-electron chi connectivity index (χ1n) is 5.60. The summed E-state index contributed by atoms with van der Waals surface area (Å²) in [6.07, 6.45) is 3.13. The third kappa shape index (κ3) is 20.5. The molecule has 0 N–H and O–H groups in total. The zero-order chi connectivity index (χ0) is 12.4. The van der Waals surface area contributed by atoms with Gasteiger partial charge in [-0.05, 0) is 58.7 Å². The summed E-state index contributed by atoms with van der Waals surface area (Å²) in [6, 6.07) is 0. The molecular formula is C11H19K2NO4. The van der Waals surface area contributed by atoms with Crippen molar-refractivity contribution in [3.8, 4) is 0 Å². The van der Waals surface area contributed by atoms with Crippen molar-refractivity contribution < 1.29 is 123 Å². The van der Waals surface area contributed by atoms with Crippen molar-refractivity contribution in [2.45, 2.75) is 38.5 Å². The van der Waals surface area contributed by atoms with Gasteiger partial charge in [-0.2, -0.15) is 0 Å². The van der Waals surface area contributed by atoms with Gasteiger partial charge in [0.2, 0.25) is 0 Å². The fourth-order valence-electron chi connectivity index (χ4n) is 1.41. The van der Waals surface area contributed by atoms with Gasteiger partial charge in [0, 0.05) is 11.9 Å². The van der Waals surface area contributed by atoms with Crippen LogP contribution in [0.2, 0.25) is 0 Å². The first-order valence-corrected chi connectivity index (χ1v) is 5.60. The Balaban J connectivity index is -0.00000112. The standard InChI is InChI=1S/C11H21NO4.2K/c1-12(8-4-2-6-10(13)14)9-5-3-7-11(15)16;;/h2-9H2,1H3,(H,13,14)(H,15,16);;/q;2*+1/p-2. The first-order chi connectivity index (χ1) is 7.52. The maximum atomic E-state index is 10.1. The number of carboxylic acid groups (broad SMARTS) is 2. The van der Waals surface area contributed by atoms with Gasteiger partial charge in [0.1, 0.15) is 0 Å². The number of nitrogens with zero attached hydrogens (tertiary/aromatic N) is 1. The van der Waals surface area contributed by atoms with Crippen LogP contribution in [0.4, 0.5) is 0 Å². The first kappa shape index (κ1) is 25.1. The molecule has 0 rings (SSSR count). The average molecular weight is 307 g/mol. The van der Waals surface area contributed by atoms with E-state index in [-0.39, 0.29) is 116 Å². The minimum absolute atomic E-state index is 0. The van der Waals surface area contributed by atoms with E-state index in [1.165, 1.54) is 0 Å². The zero-order valence-electron chi connectivity index (χ0n) is 11.7. The summed E-state index contributed by atoms with van der Waals surface area (Å²) in [6.45, 7) is 1.66. The molecule has 0 fully saturated rings. The van der Waals surface area contributed by atoms with Crippen molar-refractivity contribution in [1.82, 2.24) is 4.90 Å². The second-order valence-electron chi connectivity index (χ2n) is 3.96. The fourth-order valence-corrected chi connectivity index (χ4v) is 1.41. The summed E-state index contributed by atoms with van der Waals surface area (Å²) in [5, 5.41) is 20.3. The summed E-state index contributed by atoms with van der Waals surface area (Å²) in [5.74, 6) is -2.01. The monoisotopic (exact) mass is 307 g/mol. The van der Waals surface area contributed by atoms with Crippen LogP contribution in [0.5, 0.6) is 0 Å². The van der Waals surface area contributed by atoms with Gasteiger partial charge in [-0.3, -0.25) is 0 Å². The van der Waals surface area contributed by atoms with Crippen molar-refractivity contribution in [2.75, 3.05) is 20.1 Å². The van der Waals surface area contributed by atoms with Gasteiger partial charge in [-0.25, -0.2) is 0 Å². The molecule has 0 aliphatic heterocycles. The molecule has 0 aromatic carbocycles. The number of carbonyl (C=O) groups is 2. The number of aliphatic carboxylic acids is 2. The molecule has 0 bridgehead atoms. The molecule has 0 saturated heterocycles.